The molecule has 0 saturated heterocycles. The van der Waals surface area contributed by atoms with Crippen LogP contribution in [0.5, 0.6) is 0 Å². The van der Waals surface area contributed by atoms with Crippen LogP contribution in [0.4, 0.5) is 0 Å². The summed E-state index contributed by atoms with van der Waals surface area (Å²) in [6.07, 6.45) is 1.50. The van der Waals surface area contributed by atoms with E-state index in [9.17, 15) is 24.3 Å². The van der Waals surface area contributed by atoms with Crippen LogP contribution in [0.25, 0.3) is 0 Å². The summed E-state index contributed by atoms with van der Waals surface area (Å²) in [5.74, 6) is -3.08. The van der Waals surface area contributed by atoms with E-state index in [4.69, 9.17) is 11.5 Å². The summed E-state index contributed by atoms with van der Waals surface area (Å²) in [6.45, 7) is 5.23. The lowest BCUT2D eigenvalue weighted by molar-refractivity contribution is -0.143. The smallest absolute Gasteiger partial charge is 0.326 e. The van der Waals surface area contributed by atoms with E-state index in [-0.39, 0.29) is 18.1 Å². The Labute approximate surface area is 171 Å². The van der Waals surface area contributed by atoms with Crippen molar-refractivity contribution in [1.82, 2.24) is 16.0 Å². The Bertz CT molecular complexity index is 546. The van der Waals surface area contributed by atoms with Crippen LogP contribution >= 0.6 is 12.6 Å². The van der Waals surface area contributed by atoms with E-state index in [1.165, 1.54) is 6.92 Å². The van der Waals surface area contributed by atoms with Crippen molar-refractivity contribution in [2.24, 2.45) is 17.4 Å². The Morgan fingerprint density at radius 3 is 2.04 bits per heavy atom. The molecule has 0 aliphatic rings. The minimum absolute atomic E-state index is 0.121. The van der Waals surface area contributed by atoms with E-state index < -0.39 is 47.9 Å². The molecule has 3 amide bonds. The molecule has 0 saturated carbocycles. The highest BCUT2D eigenvalue weighted by atomic mass is 32.1. The normalized spacial score (nSPS) is 15.2. The average Bonchev–Trinajstić information content (AvgIpc) is 2.63. The molecule has 162 valence electrons. The van der Waals surface area contributed by atoms with Crippen LogP contribution in [-0.4, -0.2) is 65.3 Å². The highest BCUT2D eigenvalue weighted by Gasteiger charge is 2.29. The molecule has 0 aromatic rings. The van der Waals surface area contributed by atoms with Crippen molar-refractivity contribution in [3.05, 3.63) is 0 Å². The molecule has 28 heavy (non-hydrogen) atoms. The van der Waals surface area contributed by atoms with Crippen LogP contribution in [0.1, 0.15) is 40.0 Å². The molecule has 0 spiro atoms. The number of amides is 3. The van der Waals surface area contributed by atoms with Gasteiger partial charge in [0.25, 0.3) is 0 Å². The highest BCUT2D eigenvalue weighted by molar-refractivity contribution is 7.80. The number of carboxylic acid groups (broad SMARTS) is 1. The number of thiol groups is 1. The number of carboxylic acids is 1. The molecule has 0 aliphatic carbocycles. The van der Waals surface area contributed by atoms with E-state index in [0.29, 0.717) is 19.4 Å². The lowest BCUT2D eigenvalue weighted by Gasteiger charge is -2.25. The van der Waals surface area contributed by atoms with Gasteiger partial charge >= 0.3 is 5.97 Å². The third-order valence-corrected chi connectivity index (χ3v) is 4.49. The summed E-state index contributed by atoms with van der Waals surface area (Å²) >= 11 is 3.93. The van der Waals surface area contributed by atoms with E-state index in [1.54, 1.807) is 13.8 Å². The van der Waals surface area contributed by atoms with Gasteiger partial charge in [-0.25, -0.2) is 4.79 Å². The molecule has 10 nitrogen and oxygen atoms in total. The van der Waals surface area contributed by atoms with Crippen molar-refractivity contribution < 1.29 is 24.3 Å². The van der Waals surface area contributed by atoms with Crippen molar-refractivity contribution >= 4 is 36.3 Å². The average molecular weight is 420 g/mol. The predicted octanol–water partition coefficient (Wildman–Crippen LogP) is -1.41. The number of carbonyl (C=O) groups excluding carboxylic acids is 3. The van der Waals surface area contributed by atoms with E-state index >= 15 is 0 Å². The van der Waals surface area contributed by atoms with E-state index in [0.717, 1.165) is 0 Å². The first-order valence-corrected chi connectivity index (χ1v) is 9.88. The number of aliphatic carboxylic acids is 1. The molecular weight excluding hydrogens is 386 g/mol. The van der Waals surface area contributed by atoms with Crippen molar-refractivity contribution in [2.75, 3.05) is 12.3 Å². The van der Waals surface area contributed by atoms with Crippen LogP contribution in [0.15, 0.2) is 0 Å². The first-order valence-electron chi connectivity index (χ1n) is 9.25. The van der Waals surface area contributed by atoms with Gasteiger partial charge in [-0.15, -0.1) is 0 Å². The number of hydrogen-bond acceptors (Lipinski definition) is 7. The SMILES string of the molecule is CC(NC(=O)C(N)CS)C(=O)NC(CCCCN)C(=O)NC(C(=O)O)C(C)C. The maximum absolute atomic E-state index is 12.6. The quantitative estimate of drug-likeness (QED) is 0.142. The van der Waals surface area contributed by atoms with Gasteiger partial charge in [-0.2, -0.15) is 12.6 Å². The number of unbranched alkanes of at least 4 members (excludes halogenated alkanes) is 1. The zero-order chi connectivity index (χ0) is 21.9. The summed E-state index contributed by atoms with van der Waals surface area (Å²) in [5.41, 5.74) is 11.0. The van der Waals surface area contributed by atoms with Gasteiger partial charge in [0.1, 0.15) is 18.1 Å². The molecule has 0 bridgehead atoms. The van der Waals surface area contributed by atoms with Gasteiger partial charge in [-0.3, -0.25) is 14.4 Å². The molecule has 0 fully saturated rings. The Morgan fingerprint density at radius 1 is 0.964 bits per heavy atom. The van der Waals surface area contributed by atoms with Crippen LogP contribution < -0.4 is 27.4 Å². The lowest BCUT2D eigenvalue weighted by atomic mass is 10.0. The molecule has 4 unspecified atom stereocenters. The fourth-order valence-corrected chi connectivity index (χ4v) is 2.46. The van der Waals surface area contributed by atoms with Crippen molar-refractivity contribution in [2.45, 2.75) is 64.2 Å². The van der Waals surface area contributed by atoms with Crippen LogP contribution in [-0.2, 0) is 19.2 Å². The summed E-state index contributed by atoms with van der Waals surface area (Å²) in [5, 5.41) is 16.7. The monoisotopic (exact) mass is 419 g/mol. The highest BCUT2D eigenvalue weighted by Crippen LogP contribution is 2.06. The number of rotatable bonds is 13. The van der Waals surface area contributed by atoms with Gasteiger partial charge in [0.05, 0.1) is 6.04 Å². The predicted molar refractivity (Wildman–Crippen MR) is 109 cm³/mol. The Hall–Kier alpha value is -1.85. The second-order valence-corrected chi connectivity index (χ2v) is 7.30. The Balaban J connectivity index is 5.07. The number of nitrogens with one attached hydrogen (secondary N) is 3. The molecule has 0 rings (SSSR count). The van der Waals surface area contributed by atoms with E-state index in [1.807, 2.05) is 0 Å². The zero-order valence-corrected chi connectivity index (χ0v) is 17.5. The maximum Gasteiger partial charge on any atom is 0.326 e. The van der Waals surface area contributed by atoms with Crippen LogP contribution in [0.3, 0.4) is 0 Å². The first kappa shape index (κ1) is 26.1. The second kappa shape index (κ2) is 13.3. The molecule has 0 aromatic heterocycles. The topological polar surface area (TPSA) is 177 Å². The minimum atomic E-state index is -1.16. The maximum atomic E-state index is 12.6. The van der Waals surface area contributed by atoms with Gasteiger partial charge in [0, 0.05) is 5.75 Å². The fraction of sp³-hybridized carbons (Fsp3) is 0.765. The Kier molecular flexibility index (Phi) is 12.5. The van der Waals surface area contributed by atoms with Crippen LogP contribution in [0, 0.1) is 5.92 Å². The summed E-state index contributed by atoms with van der Waals surface area (Å²) in [4.78, 5) is 48.0. The summed E-state index contributed by atoms with van der Waals surface area (Å²) in [7, 11) is 0. The van der Waals surface area contributed by atoms with E-state index in [2.05, 4.69) is 28.6 Å². The minimum Gasteiger partial charge on any atom is -0.480 e. The standard InChI is InChI=1S/C17H33N5O5S/c1-9(2)13(17(26)27)22-16(25)12(6-4-5-7-18)21-14(23)10(3)20-15(24)11(19)8-28/h9-13,28H,4-8,18-19H2,1-3H3,(H,20,24)(H,21,23)(H,22,25)(H,26,27). The third kappa shape index (κ3) is 9.38. The molecule has 0 aliphatic heterocycles. The molecule has 8 N–H and O–H groups in total. The Morgan fingerprint density at radius 2 is 1.57 bits per heavy atom. The number of nitrogens with two attached hydrogens (primary N) is 2. The van der Waals surface area contributed by atoms with Gasteiger partial charge in [-0.05, 0) is 38.6 Å². The number of carbonyl (C=O) groups is 4. The number of hydrogen-bond donors (Lipinski definition) is 7. The molecular formula is C17H33N5O5S. The van der Waals surface area contributed by atoms with Crippen molar-refractivity contribution in [3.8, 4) is 0 Å². The summed E-state index contributed by atoms with van der Waals surface area (Å²) in [6, 6.07) is -3.81. The fourth-order valence-electron chi connectivity index (χ4n) is 2.29. The molecule has 11 heteroatoms. The van der Waals surface area contributed by atoms with Crippen LogP contribution in [0.2, 0.25) is 0 Å². The van der Waals surface area contributed by atoms with Gasteiger partial charge in [0.15, 0.2) is 0 Å². The molecule has 0 heterocycles. The van der Waals surface area contributed by atoms with Gasteiger partial charge in [0.2, 0.25) is 17.7 Å². The lowest BCUT2D eigenvalue weighted by Crippen LogP contribution is -2.57. The molecule has 4 atom stereocenters. The second-order valence-electron chi connectivity index (χ2n) is 6.93. The summed E-state index contributed by atoms with van der Waals surface area (Å²) < 4.78 is 0. The zero-order valence-electron chi connectivity index (χ0n) is 16.6. The first-order chi connectivity index (χ1) is 13.0. The van der Waals surface area contributed by atoms with Crippen molar-refractivity contribution in [1.29, 1.82) is 0 Å². The third-order valence-electron chi connectivity index (χ3n) is 4.10. The molecule has 0 aromatic carbocycles. The van der Waals surface area contributed by atoms with Gasteiger partial charge < -0.3 is 32.5 Å². The van der Waals surface area contributed by atoms with Crippen molar-refractivity contribution in [3.63, 3.8) is 0 Å². The largest absolute Gasteiger partial charge is 0.480 e. The van der Waals surface area contributed by atoms with Gasteiger partial charge in [-0.1, -0.05) is 13.8 Å². The molecule has 0 radical (unpaired) electrons.